The van der Waals surface area contributed by atoms with E-state index in [1.54, 1.807) is 6.92 Å². The normalized spacial score (nSPS) is 22.8. The molecule has 0 aromatic rings. The van der Waals surface area contributed by atoms with Gasteiger partial charge in [-0.15, -0.1) is 0 Å². The van der Waals surface area contributed by atoms with Crippen LogP contribution in [0.5, 0.6) is 0 Å². The molecule has 24 heavy (non-hydrogen) atoms. The molecule has 132 valence electrons. The van der Waals surface area contributed by atoms with Crippen molar-refractivity contribution in [1.82, 2.24) is 15.5 Å². The molecule has 9 nitrogen and oxygen atoms in total. The number of likely N-dealkylation sites (tertiary alicyclic amines) is 1. The van der Waals surface area contributed by atoms with E-state index in [4.69, 9.17) is 4.74 Å². The molecule has 2 rings (SSSR count). The van der Waals surface area contributed by atoms with Gasteiger partial charge in [0.2, 0.25) is 11.8 Å². The number of imide groups is 2. The van der Waals surface area contributed by atoms with Crippen molar-refractivity contribution in [2.75, 3.05) is 19.7 Å². The molecule has 0 aromatic heterocycles. The van der Waals surface area contributed by atoms with Crippen molar-refractivity contribution < 1.29 is 28.7 Å². The summed E-state index contributed by atoms with van der Waals surface area (Å²) < 4.78 is 4.72. The van der Waals surface area contributed by atoms with Gasteiger partial charge in [0.25, 0.3) is 5.91 Å². The molecular weight excluding hydrogens is 318 g/mol. The minimum Gasteiger partial charge on any atom is -0.454 e. The lowest BCUT2D eigenvalue weighted by molar-refractivity contribution is -0.154. The molecule has 2 N–H and O–H groups in total. The molecule has 1 aliphatic heterocycles. The van der Waals surface area contributed by atoms with Gasteiger partial charge in [-0.3, -0.25) is 29.4 Å². The van der Waals surface area contributed by atoms with E-state index in [1.165, 1.54) is 0 Å². The van der Waals surface area contributed by atoms with Gasteiger partial charge in [-0.25, -0.2) is 4.79 Å². The van der Waals surface area contributed by atoms with Gasteiger partial charge in [-0.2, -0.15) is 0 Å². The average Bonchev–Trinajstić information content (AvgIpc) is 2.79. The number of rotatable bonds is 5. The Morgan fingerprint density at radius 2 is 1.71 bits per heavy atom. The van der Waals surface area contributed by atoms with Gasteiger partial charge < -0.3 is 10.1 Å². The predicted octanol–water partition coefficient (Wildman–Crippen LogP) is -0.449. The number of urea groups is 1. The molecule has 1 aliphatic carbocycles. The molecule has 9 heteroatoms. The number of amides is 5. The minimum absolute atomic E-state index is 0.333. The number of fused-ring (bicyclic) bond motifs is 1. The van der Waals surface area contributed by atoms with Crippen LogP contribution in [0.15, 0.2) is 0 Å². The first kappa shape index (κ1) is 17.9. The van der Waals surface area contributed by atoms with E-state index in [0.717, 1.165) is 17.7 Å². The second-order valence-electron chi connectivity index (χ2n) is 5.83. The third-order valence-corrected chi connectivity index (χ3v) is 4.17. The highest BCUT2D eigenvalue weighted by Crippen LogP contribution is 2.37. The van der Waals surface area contributed by atoms with Crippen LogP contribution in [0, 0.1) is 11.8 Å². The summed E-state index contributed by atoms with van der Waals surface area (Å²) in [5.74, 6) is -2.99. The molecule has 2 unspecified atom stereocenters. The molecule has 5 amide bonds. The standard InChI is InChI=1S/C15H21N3O6/c1-2-16-15(23)17-11(19)8-24-12(20)7-18-13(21)9-5-3-4-6-10(9)14(18)22/h9-10H,2-8H2,1H3,(H2,16,17,19,23). The van der Waals surface area contributed by atoms with Crippen LogP contribution in [0.3, 0.4) is 0 Å². The van der Waals surface area contributed by atoms with E-state index < -0.39 is 31.1 Å². The van der Waals surface area contributed by atoms with E-state index in [2.05, 4.69) is 5.32 Å². The molecule has 1 heterocycles. The molecule has 2 atom stereocenters. The fraction of sp³-hybridized carbons (Fsp3) is 0.667. The largest absolute Gasteiger partial charge is 0.454 e. The molecule has 0 aromatic carbocycles. The van der Waals surface area contributed by atoms with E-state index in [-0.39, 0.29) is 23.7 Å². The third kappa shape index (κ3) is 4.09. The van der Waals surface area contributed by atoms with Crippen molar-refractivity contribution in [2.45, 2.75) is 32.6 Å². The van der Waals surface area contributed by atoms with E-state index in [0.29, 0.717) is 19.4 Å². The van der Waals surface area contributed by atoms with Crippen LogP contribution in [0.2, 0.25) is 0 Å². The first-order valence-corrected chi connectivity index (χ1v) is 8.02. The van der Waals surface area contributed by atoms with Crippen LogP contribution in [0.25, 0.3) is 0 Å². The van der Waals surface area contributed by atoms with E-state index >= 15 is 0 Å². The van der Waals surface area contributed by atoms with Gasteiger partial charge in [-0.1, -0.05) is 12.8 Å². The predicted molar refractivity (Wildman–Crippen MR) is 80.3 cm³/mol. The number of ether oxygens (including phenoxy) is 1. The van der Waals surface area contributed by atoms with Gasteiger partial charge >= 0.3 is 12.0 Å². The van der Waals surface area contributed by atoms with Crippen molar-refractivity contribution in [1.29, 1.82) is 0 Å². The lowest BCUT2D eigenvalue weighted by Gasteiger charge is -2.19. The van der Waals surface area contributed by atoms with Crippen LogP contribution in [-0.2, 0) is 23.9 Å². The quantitative estimate of drug-likeness (QED) is 0.517. The summed E-state index contributed by atoms with van der Waals surface area (Å²) in [5.41, 5.74) is 0. The summed E-state index contributed by atoms with van der Waals surface area (Å²) in [4.78, 5) is 59.6. The third-order valence-electron chi connectivity index (χ3n) is 4.17. The summed E-state index contributed by atoms with van der Waals surface area (Å²) in [7, 11) is 0. The molecular formula is C15H21N3O6. The van der Waals surface area contributed by atoms with Crippen LogP contribution in [-0.4, -0.2) is 54.3 Å². The summed E-state index contributed by atoms with van der Waals surface area (Å²) >= 11 is 0. The molecule has 0 radical (unpaired) electrons. The zero-order chi connectivity index (χ0) is 17.7. The van der Waals surface area contributed by atoms with Crippen molar-refractivity contribution >= 4 is 29.7 Å². The maximum absolute atomic E-state index is 12.2. The molecule has 0 bridgehead atoms. The highest BCUT2D eigenvalue weighted by atomic mass is 16.5. The lowest BCUT2D eigenvalue weighted by atomic mass is 9.81. The zero-order valence-corrected chi connectivity index (χ0v) is 13.5. The SMILES string of the molecule is CCNC(=O)NC(=O)COC(=O)CN1C(=O)C2CCCCC2C1=O. The van der Waals surface area contributed by atoms with Crippen molar-refractivity contribution in [3.8, 4) is 0 Å². The number of hydrogen-bond donors (Lipinski definition) is 2. The Hall–Kier alpha value is -2.45. The highest BCUT2D eigenvalue weighted by Gasteiger charge is 2.48. The summed E-state index contributed by atoms with van der Waals surface area (Å²) in [6.07, 6.45) is 3.13. The zero-order valence-electron chi connectivity index (χ0n) is 13.5. The van der Waals surface area contributed by atoms with Crippen molar-refractivity contribution in [3.63, 3.8) is 0 Å². The number of nitrogens with one attached hydrogen (secondary N) is 2. The van der Waals surface area contributed by atoms with Crippen LogP contribution < -0.4 is 10.6 Å². The highest BCUT2D eigenvalue weighted by molar-refractivity contribution is 6.07. The number of nitrogens with zero attached hydrogens (tertiary/aromatic N) is 1. The van der Waals surface area contributed by atoms with Gasteiger partial charge in [0.15, 0.2) is 6.61 Å². The monoisotopic (exact) mass is 339 g/mol. The van der Waals surface area contributed by atoms with Crippen LogP contribution in [0.1, 0.15) is 32.6 Å². The first-order valence-electron chi connectivity index (χ1n) is 8.02. The Bertz CT molecular complexity index is 537. The molecule has 2 aliphatic rings. The lowest BCUT2D eigenvalue weighted by Crippen LogP contribution is -2.42. The number of esters is 1. The van der Waals surface area contributed by atoms with Gasteiger partial charge in [0.1, 0.15) is 6.54 Å². The number of carbonyl (C=O) groups excluding carboxylic acids is 5. The van der Waals surface area contributed by atoms with Crippen molar-refractivity contribution in [2.24, 2.45) is 11.8 Å². The fourth-order valence-corrected chi connectivity index (χ4v) is 3.08. The second kappa shape index (κ2) is 7.89. The first-order chi connectivity index (χ1) is 11.4. The Labute approximate surface area is 139 Å². The number of hydrogen-bond acceptors (Lipinski definition) is 6. The van der Waals surface area contributed by atoms with E-state index in [1.807, 2.05) is 5.32 Å². The van der Waals surface area contributed by atoms with Gasteiger partial charge in [0, 0.05) is 6.54 Å². The number of carbonyl (C=O) groups is 5. The molecule has 2 fully saturated rings. The molecule has 1 saturated carbocycles. The summed E-state index contributed by atoms with van der Waals surface area (Å²) in [5, 5.41) is 4.33. The Kier molecular flexibility index (Phi) is 5.88. The molecule has 0 spiro atoms. The maximum Gasteiger partial charge on any atom is 0.326 e. The molecule has 1 saturated heterocycles. The second-order valence-corrected chi connectivity index (χ2v) is 5.83. The summed E-state index contributed by atoms with van der Waals surface area (Å²) in [6, 6.07) is -0.687. The van der Waals surface area contributed by atoms with Crippen LogP contribution in [0.4, 0.5) is 4.79 Å². The average molecular weight is 339 g/mol. The fourth-order valence-electron chi connectivity index (χ4n) is 3.08. The van der Waals surface area contributed by atoms with E-state index in [9.17, 15) is 24.0 Å². The summed E-state index contributed by atoms with van der Waals surface area (Å²) in [6.45, 7) is 0.879. The van der Waals surface area contributed by atoms with Gasteiger partial charge in [-0.05, 0) is 19.8 Å². The Morgan fingerprint density at radius 3 is 2.25 bits per heavy atom. The van der Waals surface area contributed by atoms with Crippen LogP contribution >= 0.6 is 0 Å². The smallest absolute Gasteiger partial charge is 0.326 e. The van der Waals surface area contributed by atoms with Gasteiger partial charge in [0.05, 0.1) is 11.8 Å². The van der Waals surface area contributed by atoms with Crippen molar-refractivity contribution in [3.05, 3.63) is 0 Å². The minimum atomic E-state index is -0.860. The Morgan fingerprint density at radius 1 is 1.12 bits per heavy atom. The topological polar surface area (TPSA) is 122 Å². The maximum atomic E-state index is 12.2. The Balaban J connectivity index is 1.80.